The van der Waals surface area contributed by atoms with E-state index in [-0.39, 0.29) is 5.97 Å². The molecule has 0 amide bonds. The van der Waals surface area contributed by atoms with Gasteiger partial charge in [-0.3, -0.25) is 0 Å². The van der Waals surface area contributed by atoms with Crippen molar-refractivity contribution in [2.24, 2.45) is 0 Å². The smallest absolute Gasteiger partial charge is 0.346 e. The van der Waals surface area contributed by atoms with Crippen molar-refractivity contribution < 1.29 is 52.6 Å². The minimum Gasteiger partial charge on any atom is -0.497 e. The molecule has 0 fully saturated rings. The van der Waals surface area contributed by atoms with Gasteiger partial charge in [-0.2, -0.15) is 4.99 Å². The van der Waals surface area contributed by atoms with Crippen LogP contribution in [0.2, 0.25) is 5.02 Å². The van der Waals surface area contributed by atoms with E-state index in [0.717, 1.165) is 52.6 Å². The first-order valence-corrected chi connectivity index (χ1v) is 14.4. The molecule has 4 aromatic rings. The van der Waals surface area contributed by atoms with Crippen molar-refractivity contribution in [3.05, 3.63) is 74.9 Å². The van der Waals surface area contributed by atoms with Crippen LogP contribution in [0.1, 0.15) is 40.6 Å². The van der Waals surface area contributed by atoms with Gasteiger partial charge in [-0.25, -0.2) is 23.4 Å². The van der Waals surface area contributed by atoms with Crippen LogP contribution in [0, 0.1) is 10.2 Å². The van der Waals surface area contributed by atoms with Crippen LogP contribution >= 0.6 is 22.9 Å². The van der Waals surface area contributed by atoms with Crippen molar-refractivity contribution in [3.8, 4) is 17.1 Å². The molecule has 0 radical (unpaired) electrons. The van der Waals surface area contributed by atoms with Crippen LogP contribution in [0.15, 0.2) is 52.9 Å². The Balaban J connectivity index is 0.000000648. The van der Waals surface area contributed by atoms with E-state index in [1.54, 1.807) is 18.4 Å². The van der Waals surface area contributed by atoms with Crippen molar-refractivity contribution in [1.82, 2.24) is 0 Å². The molecule has 0 unspecified atom stereocenters. The van der Waals surface area contributed by atoms with Crippen LogP contribution in [-0.2, 0) is 17.6 Å². The first-order valence-electron chi connectivity index (χ1n) is 12.0. The van der Waals surface area contributed by atoms with Gasteiger partial charge in [0.2, 0.25) is 5.36 Å². The predicted molar refractivity (Wildman–Crippen MR) is 134 cm³/mol. The molecule has 2 aromatic heterocycles. The molecule has 1 N–H and O–H groups in total. The summed E-state index contributed by atoms with van der Waals surface area (Å²) in [6.07, 6.45) is 4.09. The number of fused-ring (bicyclic) bond motifs is 2. The van der Waals surface area contributed by atoms with Crippen LogP contribution in [0.3, 0.4) is 0 Å². The average molecular weight is 594 g/mol. The summed E-state index contributed by atoms with van der Waals surface area (Å²) in [5.41, 5.74) is 3.24. The van der Waals surface area contributed by atoms with Gasteiger partial charge in [0.15, 0.2) is 0 Å². The third-order valence-electron chi connectivity index (χ3n) is 6.01. The largest absolute Gasteiger partial charge is 0.497 e. The van der Waals surface area contributed by atoms with Crippen molar-refractivity contribution in [3.63, 3.8) is 0 Å². The number of hydrogen-bond acceptors (Lipinski definition) is 9. The summed E-state index contributed by atoms with van der Waals surface area (Å²) in [6, 6.07) is 15.2. The molecule has 206 valence electrons. The molecule has 12 heteroatoms. The Morgan fingerprint density at radius 1 is 1.10 bits per heavy atom. The molecule has 39 heavy (non-hydrogen) atoms. The van der Waals surface area contributed by atoms with Gasteiger partial charge in [-0.15, -0.1) is 10.2 Å². The Hall–Kier alpha value is -2.96. The Labute approximate surface area is 235 Å². The lowest BCUT2D eigenvalue weighted by Gasteiger charge is -2.17. The molecule has 0 spiro atoms. The lowest BCUT2D eigenvalue weighted by Crippen LogP contribution is -2.70. The van der Waals surface area contributed by atoms with E-state index < -0.39 is 10.2 Å². The molecule has 1 aliphatic rings. The number of rotatable bonds is 5. The second-order valence-corrected chi connectivity index (χ2v) is 10.8. The standard InChI is InChI=1S/C27H24ClNO4S.ClHO4/c1-3-32-27(30)25-18-9-5-7-11-24(18)34-26(25)29-21-15-23(17-8-4-6-10-20(17)28)33-22-13-12-16(31-2)14-19(21)22;2-1(3,4)5/h4,6,8,10,12-15H,3,5,7,9,11H2,1-2H3;(H,2,3,4,5)/b29-21+;. The number of carbonyl (C=O) groups is 1. The third kappa shape index (κ3) is 7.17. The van der Waals surface area contributed by atoms with E-state index in [9.17, 15) is 4.79 Å². The number of benzene rings is 2. The molecule has 0 aliphatic heterocycles. The molecule has 0 atom stereocenters. The summed E-state index contributed by atoms with van der Waals surface area (Å²) in [5, 5.41) is 3.05. The second-order valence-electron chi connectivity index (χ2n) is 8.50. The molecule has 2 aromatic carbocycles. The van der Waals surface area contributed by atoms with E-state index in [1.807, 2.05) is 55.5 Å². The topological polar surface area (TPSA) is 155 Å². The second kappa shape index (κ2) is 12.5. The SMILES string of the molecule is CCOC(=O)c1c(/[NH+]=c2\cc(-c3ccccc3Cl)oc3ccc(OC)cc23)sc2c1CCCC2.[O-][Cl+3]([O-])([O-])[O-]. The Morgan fingerprint density at radius 2 is 1.82 bits per heavy atom. The van der Waals surface area contributed by atoms with Crippen LogP contribution in [-0.4, -0.2) is 19.7 Å². The van der Waals surface area contributed by atoms with Crippen LogP contribution < -0.4 is 33.7 Å². The maximum Gasteiger partial charge on any atom is 0.346 e. The molecule has 0 saturated carbocycles. The summed E-state index contributed by atoms with van der Waals surface area (Å²) in [6.45, 7) is 2.17. The van der Waals surface area contributed by atoms with E-state index in [1.165, 1.54) is 4.88 Å². The fourth-order valence-electron chi connectivity index (χ4n) is 4.38. The monoisotopic (exact) mass is 593 g/mol. The number of aryl methyl sites for hydroxylation is 1. The zero-order chi connectivity index (χ0) is 28.2. The van der Waals surface area contributed by atoms with E-state index >= 15 is 0 Å². The van der Waals surface area contributed by atoms with Gasteiger partial charge in [-0.1, -0.05) is 35.1 Å². The maximum atomic E-state index is 13.0. The van der Waals surface area contributed by atoms with Gasteiger partial charge in [0.1, 0.15) is 22.7 Å². The Bertz CT molecular complexity index is 1550. The highest BCUT2D eigenvalue weighted by molar-refractivity contribution is 7.15. The number of methoxy groups -OCH3 is 1. The number of halogens is 2. The van der Waals surface area contributed by atoms with Gasteiger partial charge >= 0.3 is 5.97 Å². The van der Waals surface area contributed by atoms with Gasteiger partial charge in [0.25, 0.3) is 5.00 Å². The number of esters is 1. The van der Waals surface area contributed by atoms with Crippen molar-refractivity contribution in [1.29, 1.82) is 0 Å². The highest BCUT2D eigenvalue weighted by Gasteiger charge is 2.29. The summed E-state index contributed by atoms with van der Waals surface area (Å²) in [7, 11) is -3.31. The van der Waals surface area contributed by atoms with Crippen molar-refractivity contribution >= 4 is 44.9 Å². The zero-order valence-electron chi connectivity index (χ0n) is 21.1. The molecule has 0 bridgehead atoms. The quantitative estimate of drug-likeness (QED) is 0.327. The normalized spacial score (nSPS) is 13.5. The number of carbonyl (C=O) groups excluding carboxylic acids is 1. The summed E-state index contributed by atoms with van der Waals surface area (Å²) in [5.74, 6) is 1.07. The highest BCUT2D eigenvalue weighted by atomic mass is 35.7. The fourth-order valence-corrected chi connectivity index (χ4v) is 5.90. The minimum atomic E-state index is -4.94. The molecule has 2 heterocycles. The highest BCUT2D eigenvalue weighted by Crippen LogP contribution is 2.36. The number of ether oxygens (including phenoxy) is 2. The third-order valence-corrected chi connectivity index (χ3v) is 7.55. The van der Waals surface area contributed by atoms with Gasteiger partial charge in [0.05, 0.1) is 30.2 Å². The van der Waals surface area contributed by atoms with E-state index in [4.69, 9.17) is 44.1 Å². The molecule has 5 rings (SSSR count). The Morgan fingerprint density at radius 3 is 2.51 bits per heavy atom. The Kier molecular flexibility index (Phi) is 9.29. The van der Waals surface area contributed by atoms with Crippen LogP contribution in [0.4, 0.5) is 5.00 Å². The first-order chi connectivity index (χ1) is 18.6. The van der Waals surface area contributed by atoms with E-state index in [0.29, 0.717) is 34.3 Å². The fraction of sp³-hybridized carbons (Fsp3) is 0.259. The average Bonchev–Trinajstić information content (AvgIpc) is 3.25. The lowest BCUT2D eigenvalue weighted by atomic mass is 9.95. The summed E-state index contributed by atoms with van der Waals surface area (Å²) >= 11 is 8.12. The van der Waals surface area contributed by atoms with Crippen LogP contribution in [0.5, 0.6) is 5.75 Å². The van der Waals surface area contributed by atoms with Crippen molar-refractivity contribution in [2.45, 2.75) is 32.6 Å². The number of hydrogen-bond donors (Lipinski definition) is 1. The van der Waals surface area contributed by atoms with Gasteiger partial charge in [-0.05, 0) is 68.5 Å². The van der Waals surface area contributed by atoms with Crippen LogP contribution in [0.25, 0.3) is 22.3 Å². The molecular formula is C27H25Cl2NO8S. The van der Waals surface area contributed by atoms with Gasteiger partial charge < -0.3 is 13.9 Å². The molecule has 1 aliphatic carbocycles. The number of nitrogens with one attached hydrogen (secondary N) is 1. The predicted octanol–water partition coefficient (Wildman–Crippen LogP) is 0.436. The number of thiophene rings is 1. The van der Waals surface area contributed by atoms with E-state index in [2.05, 4.69) is 4.99 Å². The zero-order valence-corrected chi connectivity index (χ0v) is 23.4. The molecule has 0 saturated heterocycles. The summed E-state index contributed by atoms with van der Waals surface area (Å²) in [4.78, 5) is 17.8. The summed E-state index contributed by atoms with van der Waals surface area (Å²) < 4.78 is 51.1. The maximum absolute atomic E-state index is 13.0. The molecule has 9 nitrogen and oxygen atoms in total. The van der Waals surface area contributed by atoms with Gasteiger partial charge in [0, 0.05) is 10.4 Å². The lowest BCUT2D eigenvalue weighted by molar-refractivity contribution is -2.00. The molecular weight excluding hydrogens is 569 g/mol. The minimum absolute atomic E-state index is 0.279. The van der Waals surface area contributed by atoms with Crippen molar-refractivity contribution in [2.75, 3.05) is 13.7 Å². The first kappa shape index (κ1) is 29.0.